The highest BCUT2D eigenvalue weighted by Gasteiger charge is 2.26. The van der Waals surface area contributed by atoms with E-state index in [4.69, 9.17) is 9.47 Å². The standard InChI is InChI=1S/C19H20N4O5S2/c1-4-27-17(24)11-8-20-19(26)22-12(11)9-28-18(25)14-10(2)21-15(23-16(14)29-3)13-6-5-7-30-13/h5-7H,4,8-9H2,1-3H3,(H2,20,22,26). The quantitative estimate of drug-likeness (QED) is 0.377. The number of aryl methyl sites for hydroxylation is 1. The number of hydrogen-bond acceptors (Lipinski definition) is 9. The second-order valence-corrected chi connectivity index (χ2v) is 7.80. The summed E-state index contributed by atoms with van der Waals surface area (Å²) >= 11 is 2.82. The first-order chi connectivity index (χ1) is 14.4. The minimum atomic E-state index is -0.641. The van der Waals surface area contributed by atoms with Gasteiger partial charge in [0.25, 0.3) is 0 Å². The number of urea groups is 1. The number of amides is 2. The Hall–Kier alpha value is -2.92. The number of esters is 2. The molecule has 0 spiro atoms. The molecule has 1 aliphatic heterocycles. The maximum absolute atomic E-state index is 12.8. The van der Waals surface area contributed by atoms with Crippen LogP contribution in [-0.2, 0) is 14.3 Å². The van der Waals surface area contributed by atoms with Crippen molar-refractivity contribution in [1.29, 1.82) is 0 Å². The molecule has 11 heteroatoms. The van der Waals surface area contributed by atoms with Gasteiger partial charge in [0.2, 0.25) is 0 Å². The molecular weight excluding hydrogens is 428 g/mol. The van der Waals surface area contributed by atoms with E-state index < -0.39 is 18.0 Å². The molecule has 0 fully saturated rings. The van der Waals surface area contributed by atoms with Gasteiger partial charge in [-0.2, -0.15) is 0 Å². The van der Waals surface area contributed by atoms with E-state index in [-0.39, 0.29) is 36.6 Å². The molecule has 0 aliphatic carbocycles. The van der Waals surface area contributed by atoms with E-state index in [1.54, 1.807) is 13.8 Å². The van der Waals surface area contributed by atoms with Gasteiger partial charge in [-0.3, -0.25) is 0 Å². The smallest absolute Gasteiger partial charge is 0.343 e. The summed E-state index contributed by atoms with van der Waals surface area (Å²) in [4.78, 5) is 46.4. The summed E-state index contributed by atoms with van der Waals surface area (Å²) in [7, 11) is 0. The van der Waals surface area contributed by atoms with Crippen LogP contribution >= 0.6 is 23.1 Å². The zero-order chi connectivity index (χ0) is 21.7. The van der Waals surface area contributed by atoms with Gasteiger partial charge in [0.05, 0.1) is 35.0 Å². The van der Waals surface area contributed by atoms with Gasteiger partial charge >= 0.3 is 18.0 Å². The summed E-state index contributed by atoms with van der Waals surface area (Å²) < 4.78 is 10.4. The van der Waals surface area contributed by atoms with Crippen molar-refractivity contribution < 1.29 is 23.9 Å². The van der Waals surface area contributed by atoms with Gasteiger partial charge in [-0.1, -0.05) is 6.07 Å². The van der Waals surface area contributed by atoms with E-state index in [1.807, 2.05) is 23.8 Å². The van der Waals surface area contributed by atoms with Gasteiger partial charge in [-0.25, -0.2) is 24.4 Å². The van der Waals surface area contributed by atoms with Crippen molar-refractivity contribution in [2.45, 2.75) is 18.9 Å². The molecule has 0 atom stereocenters. The summed E-state index contributed by atoms with van der Waals surface area (Å²) in [5.41, 5.74) is 1.12. The molecule has 30 heavy (non-hydrogen) atoms. The molecule has 1 aliphatic rings. The van der Waals surface area contributed by atoms with Crippen LogP contribution < -0.4 is 10.6 Å². The molecule has 3 heterocycles. The van der Waals surface area contributed by atoms with E-state index in [1.165, 1.54) is 23.1 Å². The summed E-state index contributed by atoms with van der Waals surface area (Å²) in [5.74, 6) is -0.680. The van der Waals surface area contributed by atoms with Gasteiger partial charge in [0.1, 0.15) is 17.2 Å². The molecule has 3 rings (SSSR count). The SMILES string of the molecule is CCOC(=O)C1=C(COC(=O)c2c(C)nc(-c3cccs3)nc2SC)NC(=O)NC1. The van der Waals surface area contributed by atoms with Crippen LogP contribution in [-0.4, -0.2) is 54.0 Å². The number of ether oxygens (including phenoxy) is 2. The molecule has 2 aromatic heterocycles. The van der Waals surface area contributed by atoms with Crippen molar-refractivity contribution in [3.8, 4) is 10.7 Å². The van der Waals surface area contributed by atoms with Crippen LogP contribution in [0.1, 0.15) is 23.0 Å². The van der Waals surface area contributed by atoms with Gasteiger partial charge in [0, 0.05) is 0 Å². The lowest BCUT2D eigenvalue weighted by Gasteiger charge is -2.21. The Morgan fingerprint density at radius 3 is 2.73 bits per heavy atom. The van der Waals surface area contributed by atoms with Crippen molar-refractivity contribution >= 4 is 41.1 Å². The van der Waals surface area contributed by atoms with E-state index in [9.17, 15) is 14.4 Å². The third-order valence-corrected chi connectivity index (χ3v) is 5.67. The maximum Gasteiger partial charge on any atom is 0.343 e. The Morgan fingerprint density at radius 2 is 2.07 bits per heavy atom. The fourth-order valence-electron chi connectivity index (χ4n) is 2.72. The van der Waals surface area contributed by atoms with Crippen LogP contribution in [0.2, 0.25) is 0 Å². The molecule has 0 radical (unpaired) electrons. The number of hydrogen-bond donors (Lipinski definition) is 2. The lowest BCUT2D eigenvalue weighted by atomic mass is 10.1. The predicted octanol–water partition coefficient (Wildman–Crippen LogP) is 2.52. The molecule has 0 aromatic carbocycles. The first-order valence-electron chi connectivity index (χ1n) is 9.02. The fourth-order valence-corrected chi connectivity index (χ4v) is 3.99. The van der Waals surface area contributed by atoms with Crippen LogP contribution in [0.3, 0.4) is 0 Å². The van der Waals surface area contributed by atoms with Crippen molar-refractivity contribution in [1.82, 2.24) is 20.6 Å². The van der Waals surface area contributed by atoms with E-state index in [0.717, 1.165) is 4.88 Å². The van der Waals surface area contributed by atoms with E-state index in [2.05, 4.69) is 20.6 Å². The summed E-state index contributed by atoms with van der Waals surface area (Å²) in [6.45, 7) is 3.28. The van der Waals surface area contributed by atoms with Crippen LogP contribution in [0.4, 0.5) is 4.79 Å². The lowest BCUT2D eigenvalue weighted by Crippen LogP contribution is -2.45. The Labute approximate surface area is 181 Å². The molecular formula is C19H20N4O5S2. The number of rotatable bonds is 7. The molecule has 9 nitrogen and oxygen atoms in total. The number of nitrogens with zero attached hydrogens (tertiary/aromatic N) is 2. The highest BCUT2D eigenvalue weighted by molar-refractivity contribution is 7.98. The third-order valence-electron chi connectivity index (χ3n) is 4.12. The van der Waals surface area contributed by atoms with Gasteiger partial charge in [0.15, 0.2) is 5.82 Å². The Bertz CT molecular complexity index is 1000. The van der Waals surface area contributed by atoms with Crippen molar-refractivity contribution in [3.63, 3.8) is 0 Å². The molecule has 2 aromatic rings. The lowest BCUT2D eigenvalue weighted by molar-refractivity contribution is -0.138. The Kier molecular flexibility index (Phi) is 7.06. The van der Waals surface area contributed by atoms with Crippen LogP contribution in [0, 0.1) is 6.92 Å². The van der Waals surface area contributed by atoms with Crippen molar-refractivity contribution in [2.75, 3.05) is 26.0 Å². The first-order valence-corrected chi connectivity index (χ1v) is 11.1. The number of carbonyl (C=O) groups is 3. The summed E-state index contributed by atoms with van der Waals surface area (Å²) in [6, 6.07) is 3.32. The fraction of sp³-hybridized carbons (Fsp3) is 0.316. The highest BCUT2D eigenvalue weighted by Crippen LogP contribution is 2.27. The topological polar surface area (TPSA) is 120 Å². The van der Waals surface area contributed by atoms with Crippen LogP contribution in [0.25, 0.3) is 10.7 Å². The zero-order valence-electron chi connectivity index (χ0n) is 16.6. The normalized spacial score (nSPS) is 13.5. The average molecular weight is 449 g/mol. The van der Waals surface area contributed by atoms with Gasteiger partial charge in [-0.15, -0.1) is 23.1 Å². The number of carbonyl (C=O) groups excluding carboxylic acids is 3. The predicted molar refractivity (Wildman–Crippen MR) is 112 cm³/mol. The van der Waals surface area contributed by atoms with E-state index in [0.29, 0.717) is 16.5 Å². The number of nitrogens with one attached hydrogen (secondary N) is 2. The first kappa shape index (κ1) is 21.8. The van der Waals surface area contributed by atoms with Crippen LogP contribution in [0.15, 0.2) is 33.8 Å². The van der Waals surface area contributed by atoms with E-state index >= 15 is 0 Å². The largest absolute Gasteiger partial charge is 0.463 e. The Morgan fingerprint density at radius 1 is 1.27 bits per heavy atom. The number of thiophene rings is 1. The van der Waals surface area contributed by atoms with Crippen molar-refractivity contribution in [2.24, 2.45) is 0 Å². The maximum atomic E-state index is 12.8. The molecule has 0 bridgehead atoms. The average Bonchev–Trinajstić information content (AvgIpc) is 3.26. The summed E-state index contributed by atoms with van der Waals surface area (Å²) in [5, 5.41) is 7.41. The molecule has 2 amide bonds. The number of thioether (sulfide) groups is 1. The second kappa shape index (κ2) is 9.72. The molecule has 158 valence electrons. The highest BCUT2D eigenvalue weighted by atomic mass is 32.2. The minimum Gasteiger partial charge on any atom is -0.463 e. The van der Waals surface area contributed by atoms with Gasteiger partial charge < -0.3 is 20.1 Å². The van der Waals surface area contributed by atoms with Crippen LogP contribution in [0.5, 0.6) is 0 Å². The molecule has 2 N–H and O–H groups in total. The second-order valence-electron chi connectivity index (χ2n) is 6.06. The zero-order valence-corrected chi connectivity index (χ0v) is 18.2. The Balaban J connectivity index is 1.83. The van der Waals surface area contributed by atoms with Crippen molar-refractivity contribution in [3.05, 3.63) is 40.0 Å². The molecule has 0 saturated carbocycles. The minimum absolute atomic E-state index is 0.00867. The molecule has 0 saturated heterocycles. The third kappa shape index (κ3) is 4.79. The molecule has 0 unspecified atom stereocenters. The summed E-state index contributed by atoms with van der Waals surface area (Å²) in [6.07, 6.45) is 1.81. The van der Waals surface area contributed by atoms with Gasteiger partial charge in [-0.05, 0) is 31.5 Å². The monoisotopic (exact) mass is 448 g/mol. The number of aromatic nitrogens is 2.